The third-order valence-corrected chi connectivity index (χ3v) is 4.85. The number of imide groups is 1. The van der Waals surface area contributed by atoms with Crippen molar-refractivity contribution in [2.45, 2.75) is 13.0 Å². The van der Waals surface area contributed by atoms with Gasteiger partial charge in [-0.15, -0.1) is 0 Å². The molecule has 1 unspecified atom stereocenters. The van der Waals surface area contributed by atoms with Gasteiger partial charge in [0.15, 0.2) is 5.88 Å². The van der Waals surface area contributed by atoms with Gasteiger partial charge in [0.1, 0.15) is 11.8 Å². The minimum absolute atomic E-state index is 0.212. The van der Waals surface area contributed by atoms with Crippen LogP contribution in [0.2, 0.25) is 0 Å². The van der Waals surface area contributed by atoms with E-state index >= 15 is 0 Å². The fourth-order valence-electron chi connectivity index (χ4n) is 2.59. The molecule has 0 aromatic carbocycles. The summed E-state index contributed by atoms with van der Waals surface area (Å²) < 4.78 is 15.6. The van der Waals surface area contributed by atoms with Crippen LogP contribution in [0.15, 0.2) is 21.5 Å². The molecule has 25 heavy (non-hydrogen) atoms. The number of hydrogen-bond acceptors (Lipinski definition) is 8. The highest BCUT2D eigenvalue weighted by atomic mass is 32.2. The lowest BCUT2D eigenvalue weighted by molar-refractivity contribution is -0.148. The van der Waals surface area contributed by atoms with Crippen LogP contribution in [0.4, 0.5) is 10.7 Å². The maximum absolute atomic E-state index is 12.4. The number of carbonyl (C=O) groups is 3. The second-order valence-corrected chi connectivity index (χ2v) is 6.52. The van der Waals surface area contributed by atoms with Gasteiger partial charge in [-0.1, -0.05) is 0 Å². The number of amides is 2. The van der Waals surface area contributed by atoms with Gasteiger partial charge >= 0.3 is 5.97 Å². The topological polar surface area (TPSA) is 89.3 Å². The molecule has 8 nitrogen and oxygen atoms in total. The molecule has 1 aromatic rings. The van der Waals surface area contributed by atoms with E-state index in [2.05, 4.69) is 4.74 Å². The van der Waals surface area contributed by atoms with E-state index in [1.807, 2.05) is 11.0 Å². The molecule has 1 aromatic heterocycles. The van der Waals surface area contributed by atoms with Crippen LogP contribution >= 0.6 is 11.8 Å². The number of ether oxygens (including phenoxy) is 2. The van der Waals surface area contributed by atoms with Crippen molar-refractivity contribution >= 4 is 40.8 Å². The van der Waals surface area contributed by atoms with E-state index in [9.17, 15) is 14.4 Å². The van der Waals surface area contributed by atoms with Crippen molar-refractivity contribution in [3.05, 3.63) is 22.8 Å². The first-order valence-electron chi connectivity index (χ1n) is 7.78. The Morgan fingerprint density at radius 2 is 2.04 bits per heavy atom. The fraction of sp³-hybridized carbons (Fsp3) is 0.438. The van der Waals surface area contributed by atoms with Gasteiger partial charge in [-0.2, -0.15) is 0 Å². The molecule has 0 saturated carbocycles. The van der Waals surface area contributed by atoms with E-state index in [1.54, 1.807) is 6.07 Å². The molecule has 0 N–H and O–H groups in total. The summed E-state index contributed by atoms with van der Waals surface area (Å²) in [6.07, 6.45) is 1.51. The molecule has 0 aliphatic carbocycles. The van der Waals surface area contributed by atoms with Crippen molar-refractivity contribution in [1.29, 1.82) is 0 Å². The number of rotatable bonds is 4. The van der Waals surface area contributed by atoms with Crippen LogP contribution < -0.4 is 4.90 Å². The van der Waals surface area contributed by atoms with E-state index in [-0.39, 0.29) is 4.91 Å². The summed E-state index contributed by atoms with van der Waals surface area (Å²) in [6.45, 7) is 4.20. The van der Waals surface area contributed by atoms with Gasteiger partial charge < -0.3 is 18.8 Å². The molecule has 2 aliphatic rings. The van der Waals surface area contributed by atoms with Gasteiger partial charge in [-0.05, 0) is 24.8 Å². The van der Waals surface area contributed by atoms with Crippen LogP contribution in [0, 0.1) is 0 Å². The highest BCUT2D eigenvalue weighted by molar-refractivity contribution is 8.18. The summed E-state index contributed by atoms with van der Waals surface area (Å²) in [7, 11) is 1.21. The summed E-state index contributed by atoms with van der Waals surface area (Å²) in [5, 5.41) is -0.505. The predicted octanol–water partition coefficient (Wildman–Crippen LogP) is 1.71. The maximum Gasteiger partial charge on any atom is 0.328 e. The molecule has 2 fully saturated rings. The summed E-state index contributed by atoms with van der Waals surface area (Å²) in [6, 6.07) is 2.59. The quantitative estimate of drug-likeness (QED) is 0.588. The number of carbonyl (C=O) groups excluding carboxylic acids is 3. The second-order valence-electron chi connectivity index (χ2n) is 5.53. The average Bonchev–Trinajstić information content (AvgIpc) is 3.19. The molecule has 0 radical (unpaired) electrons. The van der Waals surface area contributed by atoms with Crippen LogP contribution in [0.1, 0.15) is 12.7 Å². The van der Waals surface area contributed by atoms with E-state index in [4.69, 9.17) is 9.15 Å². The molecule has 134 valence electrons. The van der Waals surface area contributed by atoms with Gasteiger partial charge in [0.05, 0.1) is 25.2 Å². The fourth-order valence-corrected chi connectivity index (χ4v) is 3.48. The lowest BCUT2D eigenvalue weighted by Crippen LogP contribution is -2.42. The molecule has 1 atom stereocenters. The van der Waals surface area contributed by atoms with Crippen LogP contribution in [0.3, 0.4) is 0 Å². The number of furan rings is 1. The first kappa shape index (κ1) is 17.6. The van der Waals surface area contributed by atoms with Crippen LogP contribution in [0.25, 0.3) is 6.08 Å². The Hall–Kier alpha value is -2.26. The largest absolute Gasteiger partial charge is 0.467 e. The minimum atomic E-state index is -0.969. The monoisotopic (exact) mass is 366 g/mol. The Morgan fingerprint density at radius 3 is 2.72 bits per heavy atom. The molecule has 0 spiro atoms. The van der Waals surface area contributed by atoms with Crippen molar-refractivity contribution in [3.8, 4) is 0 Å². The SMILES string of the molecule is COC(=O)C(C)N1C(=O)S/C(=C\c2ccc(N3CCOCC3)o2)C1=O. The highest BCUT2D eigenvalue weighted by Crippen LogP contribution is 2.34. The van der Waals surface area contributed by atoms with Crippen molar-refractivity contribution in [2.24, 2.45) is 0 Å². The van der Waals surface area contributed by atoms with Crippen molar-refractivity contribution in [2.75, 3.05) is 38.3 Å². The van der Waals surface area contributed by atoms with E-state index in [1.165, 1.54) is 20.1 Å². The number of nitrogens with zero attached hydrogens (tertiary/aromatic N) is 2. The van der Waals surface area contributed by atoms with Gasteiger partial charge in [-0.3, -0.25) is 14.5 Å². The first-order chi connectivity index (χ1) is 12.0. The van der Waals surface area contributed by atoms with Gasteiger partial charge in [0.2, 0.25) is 0 Å². The predicted molar refractivity (Wildman–Crippen MR) is 91.0 cm³/mol. The maximum atomic E-state index is 12.4. The van der Waals surface area contributed by atoms with Gasteiger partial charge in [0.25, 0.3) is 11.1 Å². The molecule has 2 aliphatic heterocycles. The van der Waals surface area contributed by atoms with Crippen LogP contribution in [-0.4, -0.2) is 61.5 Å². The number of anilines is 1. The number of hydrogen-bond donors (Lipinski definition) is 0. The van der Waals surface area contributed by atoms with Gasteiger partial charge in [0, 0.05) is 25.2 Å². The molecule has 2 amide bonds. The van der Waals surface area contributed by atoms with E-state index < -0.39 is 23.2 Å². The first-order valence-corrected chi connectivity index (χ1v) is 8.60. The molecule has 2 saturated heterocycles. The second kappa shape index (κ2) is 7.32. The third-order valence-electron chi connectivity index (χ3n) is 3.96. The standard InChI is InChI=1S/C16H18N2O6S/c1-10(15(20)22-2)18-14(19)12(25-16(18)21)9-11-3-4-13(24-11)17-5-7-23-8-6-17/h3-4,9-10H,5-8H2,1-2H3/b12-9-. The average molecular weight is 366 g/mol. The summed E-state index contributed by atoms with van der Waals surface area (Å²) in [5.41, 5.74) is 0. The number of thioether (sulfide) groups is 1. The zero-order chi connectivity index (χ0) is 18.0. The smallest absolute Gasteiger partial charge is 0.328 e. The minimum Gasteiger partial charge on any atom is -0.467 e. The number of morpholine rings is 1. The Labute approximate surface area is 148 Å². The molecule has 3 heterocycles. The zero-order valence-corrected chi connectivity index (χ0v) is 14.7. The summed E-state index contributed by atoms with van der Waals surface area (Å²) >= 11 is 0.775. The van der Waals surface area contributed by atoms with Crippen LogP contribution in [0.5, 0.6) is 0 Å². The normalized spacial score (nSPS) is 21.1. The van der Waals surface area contributed by atoms with E-state index in [0.717, 1.165) is 29.8 Å². The third kappa shape index (κ3) is 3.57. The molecule has 9 heteroatoms. The zero-order valence-electron chi connectivity index (χ0n) is 13.9. The molecular weight excluding hydrogens is 348 g/mol. The van der Waals surface area contributed by atoms with Crippen molar-refractivity contribution < 1.29 is 28.3 Å². The lowest BCUT2D eigenvalue weighted by Gasteiger charge is -2.26. The Morgan fingerprint density at radius 1 is 1.32 bits per heavy atom. The Kier molecular flexibility index (Phi) is 5.14. The molecular formula is C16H18N2O6S. The molecule has 0 bridgehead atoms. The Bertz CT molecular complexity index is 722. The summed E-state index contributed by atoms with van der Waals surface area (Å²) in [5.74, 6) is -0.0113. The Balaban J connectivity index is 1.76. The van der Waals surface area contributed by atoms with Gasteiger partial charge in [-0.25, -0.2) is 4.79 Å². The number of methoxy groups -OCH3 is 1. The van der Waals surface area contributed by atoms with Crippen molar-refractivity contribution in [1.82, 2.24) is 4.90 Å². The van der Waals surface area contributed by atoms with E-state index in [0.29, 0.717) is 24.9 Å². The highest BCUT2D eigenvalue weighted by Gasteiger charge is 2.41. The van der Waals surface area contributed by atoms with Crippen LogP contribution in [-0.2, 0) is 19.1 Å². The summed E-state index contributed by atoms with van der Waals surface area (Å²) in [4.78, 5) is 39.3. The molecule has 3 rings (SSSR count). The van der Waals surface area contributed by atoms with Crippen molar-refractivity contribution in [3.63, 3.8) is 0 Å². The number of esters is 1. The lowest BCUT2D eigenvalue weighted by atomic mass is 10.3.